The van der Waals surface area contributed by atoms with Crippen molar-refractivity contribution >= 4 is 17.3 Å². The zero-order valence-corrected chi connectivity index (χ0v) is 16.4. The molecule has 0 N–H and O–H groups in total. The van der Waals surface area contributed by atoms with Crippen molar-refractivity contribution < 1.29 is 14.3 Å². The van der Waals surface area contributed by atoms with E-state index in [0.29, 0.717) is 25.5 Å². The van der Waals surface area contributed by atoms with Crippen LogP contribution < -0.4 is 19.3 Å². The second-order valence-electron chi connectivity index (χ2n) is 6.76. The van der Waals surface area contributed by atoms with E-state index in [1.807, 2.05) is 47.4 Å². The first-order valence-electron chi connectivity index (χ1n) is 9.57. The fraction of sp³-hybridized carbons (Fsp3) is 0.409. The van der Waals surface area contributed by atoms with Crippen molar-refractivity contribution in [1.29, 1.82) is 0 Å². The van der Waals surface area contributed by atoms with Gasteiger partial charge in [0.25, 0.3) is 0 Å². The van der Waals surface area contributed by atoms with Crippen molar-refractivity contribution in [2.24, 2.45) is 0 Å². The average molecular weight is 368 g/mol. The Labute approximate surface area is 161 Å². The Balaban J connectivity index is 1.56. The molecule has 27 heavy (non-hydrogen) atoms. The summed E-state index contributed by atoms with van der Waals surface area (Å²) in [6.07, 6.45) is 1.17. The lowest BCUT2D eigenvalue weighted by molar-refractivity contribution is -0.118. The van der Waals surface area contributed by atoms with Crippen molar-refractivity contribution in [2.45, 2.75) is 32.7 Å². The van der Waals surface area contributed by atoms with Crippen LogP contribution in [-0.4, -0.2) is 38.8 Å². The Morgan fingerprint density at radius 3 is 2.41 bits per heavy atom. The number of carbonyl (C=O) groups is 1. The number of likely N-dealkylation sites (N-methyl/N-ethyl adjacent to an activating group) is 1. The molecule has 2 aromatic carbocycles. The van der Waals surface area contributed by atoms with Gasteiger partial charge in [0, 0.05) is 25.6 Å². The minimum absolute atomic E-state index is 0.156. The Bertz CT molecular complexity index is 760. The maximum atomic E-state index is 12.8. The zero-order valence-electron chi connectivity index (χ0n) is 16.4. The van der Waals surface area contributed by atoms with Crippen LogP contribution in [0.3, 0.4) is 0 Å². The molecule has 5 nitrogen and oxygen atoms in total. The second kappa shape index (κ2) is 8.80. The number of rotatable bonds is 7. The first-order valence-corrected chi connectivity index (χ1v) is 9.57. The molecule has 0 saturated carbocycles. The monoisotopic (exact) mass is 368 g/mol. The molecule has 5 heteroatoms. The van der Waals surface area contributed by atoms with Crippen molar-refractivity contribution in [1.82, 2.24) is 0 Å². The quantitative estimate of drug-likeness (QED) is 0.690. The molecule has 0 spiro atoms. The number of methoxy groups -OCH3 is 1. The molecule has 0 bridgehead atoms. The standard InChI is InChI=1S/C22H28N2O3/c1-4-23-17(2)16-24(21-9-6-5-8-20(21)23)22(25)10-7-15-27-19-13-11-18(26-3)12-14-19/h5-6,8-9,11-14,17H,4,7,10,15-16H2,1-3H3. The first kappa shape index (κ1) is 19.1. The van der Waals surface area contributed by atoms with Gasteiger partial charge < -0.3 is 19.3 Å². The Kier molecular flexibility index (Phi) is 6.22. The van der Waals surface area contributed by atoms with Crippen LogP contribution in [0.1, 0.15) is 26.7 Å². The van der Waals surface area contributed by atoms with Gasteiger partial charge in [0.05, 0.1) is 25.1 Å². The smallest absolute Gasteiger partial charge is 0.227 e. The van der Waals surface area contributed by atoms with E-state index in [-0.39, 0.29) is 5.91 Å². The van der Waals surface area contributed by atoms with E-state index in [2.05, 4.69) is 24.8 Å². The van der Waals surface area contributed by atoms with Crippen LogP contribution in [0.2, 0.25) is 0 Å². The summed E-state index contributed by atoms with van der Waals surface area (Å²) in [5, 5.41) is 0. The van der Waals surface area contributed by atoms with Crippen LogP contribution >= 0.6 is 0 Å². The van der Waals surface area contributed by atoms with Gasteiger partial charge >= 0.3 is 0 Å². The number of hydrogen-bond acceptors (Lipinski definition) is 4. The molecule has 0 aromatic heterocycles. The van der Waals surface area contributed by atoms with E-state index in [4.69, 9.17) is 9.47 Å². The molecule has 0 radical (unpaired) electrons. The van der Waals surface area contributed by atoms with Crippen LogP contribution in [0.15, 0.2) is 48.5 Å². The highest BCUT2D eigenvalue weighted by Gasteiger charge is 2.29. The Morgan fingerprint density at radius 1 is 1.07 bits per heavy atom. The summed E-state index contributed by atoms with van der Waals surface area (Å²) in [6.45, 7) is 6.51. The van der Waals surface area contributed by atoms with Gasteiger partial charge in [0.1, 0.15) is 11.5 Å². The fourth-order valence-electron chi connectivity index (χ4n) is 3.57. The number of ether oxygens (including phenoxy) is 2. The Hall–Kier alpha value is -2.69. The minimum atomic E-state index is 0.156. The summed E-state index contributed by atoms with van der Waals surface area (Å²) in [4.78, 5) is 17.1. The van der Waals surface area contributed by atoms with Gasteiger partial charge in [-0.2, -0.15) is 0 Å². The number of nitrogens with zero attached hydrogens (tertiary/aromatic N) is 2. The summed E-state index contributed by atoms with van der Waals surface area (Å²) in [5.74, 6) is 1.75. The van der Waals surface area contributed by atoms with Crippen LogP contribution in [0, 0.1) is 0 Å². The molecular weight excluding hydrogens is 340 g/mol. The number of para-hydroxylation sites is 2. The highest BCUT2D eigenvalue weighted by molar-refractivity contribution is 5.98. The van der Waals surface area contributed by atoms with E-state index in [1.54, 1.807) is 7.11 Å². The predicted octanol–water partition coefficient (Wildman–Crippen LogP) is 4.12. The third-order valence-corrected chi connectivity index (χ3v) is 4.97. The molecule has 0 fully saturated rings. The van der Waals surface area contributed by atoms with Gasteiger partial charge in [0.2, 0.25) is 5.91 Å². The van der Waals surface area contributed by atoms with Crippen LogP contribution in [0.25, 0.3) is 0 Å². The lowest BCUT2D eigenvalue weighted by Crippen LogP contribution is -2.49. The number of anilines is 2. The highest BCUT2D eigenvalue weighted by atomic mass is 16.5. The molecule has 1 unspecified atom stereocenters. The molecule has 1 heterocycles. The number of amides is 1. The molecule has 1 aliphatic rings. The SMILES string of the molecule is CCN1c2ccccc2N(C(=O)CCCOc2ccc(OC)cc2)CC1C. The first-order chi connectivity index (χ1) is 13.1. The third kappa shape index (κ3) is 4.35. The summed E-state index contributed by atoms with van der Waals surface area (Å²) in [7, 11) is 1.64. The lowest BCUT2D eigenvalue weighted by Gasteiger charge is -2.42. The molecule has 2 aromatic rings. The van der Waals surface area contributed by atoms with Crippen molar-refractivity contribution in [3.8, 4) is 11.5 Å². The van der Waals surface area contributed by atoms with E-state index in [1.165, 1.54) is 0 Å². The maximum absolute atomic E-state index is 12.8. The molecular formula is C22H28N2O3. The Morgan fingerprint density at radius 2 is 1.74 bits per heavy atom. The van der Waals surface area contributed by atoms with Gasteiger partial charge in [0.15, 0.2) is 0 Å². The van der Waals surface area contributed by atoms with Gasteiger partial charge in [-0.05, 0) is 56.7 Å². The summed E-state index contributed by atoms with van der Waals surface area (Å²) < 4.78 is 10.9. The van der Waals surface area contributed by atoms with E-state index in [9.17, 15) is 4.79 Å². The predicted molar refractivity (Wildman–Crippen MR) is 109 cm³/mol. The van der Waals surface area contributed by atoms with Gasteiger partial charge in [-0.1, -0.05) is 12.1 Å². The third-order valence-electron chi connectivity index (χ3n) is 4.97. The van der Waals surface area contributed by atoms with Crippen LogP contribution in [-0.2, 0) is 4.79 Å². The minimum Gasteiger partial charge on any atom is -0.497 e. The zero-order chi connectivity index (χ0) is 19.2. The molecule has 0 saturated heterocycles. The maximum Gasteiger partial charge on any atom is 0.227 e. The number of benzene rings is 2. The largest absolute Gasteiger partial charge is 0.497 e. The van der Waals surface area contributed by atoms with E-state index in [0.717, 1.165) is 36.0 Å². The van der Waals surface area contributed by atoms with Crippen molar-refractivity contribution in [3.63, 3.8) is 0 Å². The van der Waals surface area contributed by atoms with Gasteiger partial charge in [-0.25, -0.2) is 0 Å². The number of hydrogen-bond donors (Lipinski definition) is 0. The lowest BCUT2D eigenvalue weighted by atomic mass is 10.1. The average Bonchev–Trinajstić information content (AvgIpc) is 2.71. The molecule has 1 atom stereocenters. The van der Waals surface area contributed by atoms with E-state index < -0.39 is 0 Å². The van der Waals surface area contributed by atoms with Crippen molar-refractivity contribution in [2.75, 3.05) is 36.6 Å². The molecule has 1 aliphatic heterocycles. The van der Waals surface area contributed by atoms with Gasteiger partial charge in [-0.15, -0.1) is 0 Å². The number of fused-ring (bicyclic) bond motifs is 1. The highest BCUT2D eigenvalue weighted by Crippen LogP contribution is 2.35. The molecule has 0 aliphatic carbocycles. The topological polar surface area (TPSA) is 42.0 Å². The summed E-state index contributed by atoms with van der Waals surface area (Å²) >= 11 is 0. The summed E-state index contributed by atoms with van der Waals surface area (Å²) in [6, 6.07) is 16.0. The molecule has 144 valence electrons. The summed E-state index contributed by atoms with van der Waals surface area (Å²) in [5.41, 5.74) is 2.15. The molecule has 1 amide bonds. The van der Waals surface area contributed by atoms with E-state index >= 15 is 0 Å². The molecule has 3 rings (SSSR count). The van der Waals surface area contributed by atoms with Crippen LogP contribution in [0.5, 0.6) is 11.5 Å². The van der Waals surface area contributed by atoms with Gasteiger partial charge in [-0.3, -0.25) is 4.79 Å². The van der Waals surface area contributed by atoms with Crippen LogP contribution in [0.4, 0.5) is 11.4 Å². The normalized spacial score (nSPS) is 16.0. The second-order valence-corrected chi connectivity index (χ2v) is 6.76. The fourth-order valence-corrected chi connectivity index (χ4v) is 3.57. The number of carbonyl (C=O) groups excluding carboxylic acids is 1. The van der Waals surface area contributed by atoms with Crippen molar-refractivity contribution in [3.05, 3.63) is 48.5 Å².